The molecular weight excluding hydrogens is 207 g/mol. The zero-order valence-electron chi connectivity index (χ0n) is 7.46. The van der Waals surface area contributed by atoms with E-state index in [1.807, 2.05) is 13.0 Å². The van der Waals surface area contributed by atoms with Crippen LogP contribution in [0.2, 0.25) is 0 Å². The van der Waals surface area contributed by atoms with Gasteiger partial charge in [0.25, 0.3) is 0 Å². The summed E-state index contributed by atoms with van der Waals surface area (Å²) in [7, 11) is 0. The average molecular weight is 219 g/mol. The van der Waals surface area contributed by atoms with Gasteiger partial charge in [-0.3, -0.25) is 0 Å². The van der Waals surface area contributed by atoms with Gasteiger partial charge in [-0.25, -0.2) is 0 Å². The van der Waals surface area contributed by atoms with Gasteiger partial charge in [0.05, 0.1) is 11.4 Å². The number of aryl methyl sites for hydroxylation is 1. The molecule has 0 saturated heterocycles. The highest BCUT2D eigenvalue weighted by atomic mass is 35.5. The van der Waals surface area contributed by atoms with Crippen LogP contribution in [-0.2, 0) is 5.88 Å². The monoisotopic (exact) mass is 218 g/mol. The molecule has 1 aromatic rings. The maximum atomic E-state index is 5.81. The van der Waals surface area contributed by atoms with Crippen LogP contribution in [0.5, 0.6) is 0 Å². The van der Waals surface area contributed by atoms with E-state index in [1.54, 1.807) is 0 Å². The third-order valence-electron chi connectivity index (χ3n) is 2.14. The molecule has 0 spiro atoms. The predicted octanol–water partition coefficient (Wildman–Crippen LogP) is 2.82. The second-order valence-electron chi connectivity index (χ2n) is 3.30. The molecule has 1 aliphatic rings. The molecule has 0 aliphatic heterocycles. The average Bonchev–Trinajstić information content (AvgIpc) is 2.87. The van der Waals surface area contributed by atoms with Gasteiger partial charge in [-0.1, -0.05) is 0 Å². The van der Waals surface area contributed by atoms with E-state index in [0.29, 0.717) is 11.8 Å². The quantitative estimate of drug-likeness (QED) is 0.714. The maximum Gasteiger partial charge on any atom is 0.0706 e. The van der Waals surface area contributed by atoms with Crippen molar-refractivity contribution < 1.29 is 0 Å². The number of aromatic nitrogens is 2. The number of hydrogen-bond acceptors (Lipinski definition) is 2. The molecule has 72 valence electrons. The zero-order chi connectivity index (χ0) is 8.55. The first kappa shape index (κ1) is 10.7. The smallest absolute Gasteiger partial charge is 0.0706 e. The van der Waals surface area contributed by atoms with Gasteiger partial charge >= 0.3 is 0 Å². The summed E-state index contributed by atoms with van der Waals surface area (Å²) < 4.78 is 0. The van der Waals surface area contributed by atoms with E-state index in [2.05, 4.69) is 10.2 Å². The van der Waals surface area contributed by atoms with Gasteiger partial charge in [0.15, 0.2) is 0 Å². The van der Waals surface area contributed by atoms with Crippen molar-refractivity contribution in [3.05, 3.63) is 23.0 Å². The molecule has 0 aromatic carbocycles. The summed E-state index contributed by atoms with van der Waals surface area (Å²) in [5, 5.41) is 8.22. The molecule has 1 aliphatic carbocycles. The second-order valence-corrected chi connectivity index (χ2v) is 3.57. The Morgan fingerprint density at radius 3 is 2.69 bits per heavy atom. The lowest BCUT2D eigenvalue weighted by Crippen LogP contribution is -1.98. The fourth-order valence-corrected chi connectivity index (χ4v) is 1.57. The number of alkyl halides is 1. The molecule has 0 unspecified atom stereocenters. The van der Waals surface area contributed by atoms with Gasteiger partial charge in [-0.15, -0.1) is 24.0 Å². The van der Waals surface area contributed by atoms with Crippen LogP contribution in [0.4, 0.5) is 0 Å². The van der Waals surface area contributed by atoms with Gasteiger partial charge < -0.3 is 0 Å². The third-order valence-corrected chi connectivity index (χ3v) is 2.42. The molecule has 2 nitrogen and oxygen atoms in total. The summed E-state index contributed by atoms with van der Waals surface area (Å²) in [5.41, 5.74) is 3.23. The number of rotatable bonds is 2. The van der Waals surface area contributed by atoms with Gasteiger partial charge in [-0.05, 0) is 31.4 Å². The predicted molar refractivity (Wildman–Crippen MR) is 55.5 cm³/mol. The molecule has 0 N–H and O–H groups in total. The van der Waals surface area contributed by atoms with Crippen molar-refractivity contribution in [2.45, 2.75) is 31.6 Å². The molecular formula is C9H12Cl2N2. The molecule has 2 rings (SSSR count). The van der Waals surface area contributed by atoms with Gasteiger partial charge in [-0.2, -0.15) is 10.2 Å². The highest BCUT2D eigenvalue weighted by molar-refractivity contribution is 6.17. The van der Waals surface area contributed by atoms with Crippen molar-refractivity contribution >= 4 is 24.0 Å². The number of hydrogen-bond donors (Lipinski definition) is 0. The van der Waals surface area contributed by atoms with Crippen LogP contribution in [0.3, 0.4) is 0 Å². The molecule has 1 heterocycles. The van der Waals surface area contributed by atoms with Crippen LogP contribution in [0.15, 0.2) is 6.07 Å². The molecule has 0 radical (unpaired) electrons. The van der Waals surface area contributed by atoms with E-state index in [1.165, 1.54) is 12.8 Å². The lowest BCUT2D eigenvalue weighted by Gasteiger charge is -2.03. The Kier molecular flexibility index (Phi) is 3.51. The topological polar surface area (TPSA) is 25.8 Å². The minimum absolute atomic E-state index is 0. The van der Waals surface area contributed by atoms with Crippen molar-refractivity contribution in [1.29, 1.82) is 0 Å². The van der Waals surface area contributed by atoms with Crippen LogP contribution in [0.25, 0.3) is 0 Å². The summed E-state index contributed by atoms with van der Waals surface area (Å²) in [5.74, 6) is 1.20. The summed E-state index contributed by atoms with van der Waals surface area (Å²) in [6.07, 6.45) is 2.50. The molecule has 1 fully saturated rings. The van der Waals surface area contributed by atoms with Crippen molar-refractivity contribution in [2.24, 2.45) is 0 Å². The first-order valence-corrected chi connectivity index (χ1v) is 4.74. The Labute approximate surface area is 89.1 Å². The summed E-state index contributed by atoms with van der Waals surface area (Å²) in [6, 6.07) is 2.04. The molecule has 0 amide bonds. The molecule has 1 saturated carbocycles. The fourth-order valence-electron chi connectivity index (χ4n) is 1.36. The normalized spacial score (nSPS) is 15.2. The lowest BCUT2D eigenvalue weighted by atomic mass is 10.1. The minimum Gasteiger partial charge on any atom is -0.156 e. The van der Waals surface area contributed by atoms with Gasteiger partial charge in [0, 0.05) is 11.8 Å². The fraction of sp³-hybridized carbons (Fsp3) is 0.556. The summed E-state index contributed by atoms with van der Waals surface area (Å²) in [4.78, 5) is 0. The maximum absolute atomic E-state index is 5.81. The molecule has 4 heteroatoms. The van der Waals surface area contributed by atoms with E-state index in [-0.39, 0.29) is 12.4 Å². The van der Waals surface area contributed by atoms with E-state index < -0.39 is 0 Å². The van der Waals surface area contributed by atoms with Crippen molar-refractivity contribution in [3.8, 4) is 0 Å². The highest BCUT2D eigenvalue weighted by Crippen LogP contribution is 2.40. The third kappa shape index (κ3) is 2.32. The van der Waals surface area contributed by atoms with Crippen LogP contribution in [0, 0.1) is 6.92 Å². The Morgan fingerprint density at radius 2 is 2.15 bits per heavy atom. The zero-order valence-corrected chi connectivity index (χ0v) is 9.03. The first-order valence-electron chi connectivity index (χ1n) is 4.20. The van der Waals surface area contributed by atoms with Crippen LogP contribution < -0.4 is 0 Å². The Bertz CT molecular complexity index is 298. The molecule has 0 atom stereocenters. The summed E-state index contributed by atoms with van der Waals surface area (Å²) in [6.45, 7) is 1.94. The van der Waals surface area contributed by atoms with Crippen molar-refractivity contribution in [3.63, 3.8) is 0 Å². The van der Waals surface area contributed by atoms with E-state index in [0.717, 1.165) is 17.0 Å². The minimum atomic E-state index is 0. The highest BCUT2D eigenvalue weighted by Gasteiger charge is 2.27. The van der Waals surface area contributed by atoms with E-state index in [4.69, 9.17) is 11.6 Å². The van der Waals surface area contributed by atoms with Crippen LogP contribution in [0.1, 0.15) is 35.7 Å². The standard InChI is InChI=1S/C9H11ClN2.ClH/c1-6-4-8(5-10)9(12-11-6)7-2-3-7;/h4,7H,2-3,5H2,1H3;1H. The van der Waals surface area contributed by atoms with Gasteiger partial charge in [0.2, 0.25) is 0 Å². The van der Waals surface area contributed by atoms with E-state index in [9.17, 15) is 0 Å². The molecule has 0 bridgehead atoms. The van der Waals surface area contributed by atoms with Gasteiger partial charge in [0.1, 0.15) is 0 Å². The Balaban J connectivity index is 0.000000845. The summed E-state index contributed by atoms with van der Waals surface area (Å²) >= 11 is 5.81. The van der Waals surface area contributed by atoms with E-state index >= 15 is 0 Å². The first-order chi connectivity index (χ1) is 5.81. The largest absolute Gasteiger partial charge is 0.156 e. The Hall–Kier alpha value is -0.340. The molecule has 13 heavy (non-hydrogen) atoms. The SMILES string of the molecule is Cc1cc(CCl)c(C2CC2)nn1.Cl. The number of nitrogens with zero attached hydrogens (tertiary/aromatic N) is 2. The van der Waals surface area contributed by atoms with Crippen LogP contribution >= 0.6 is 24.0 Å². The number of halogens is 2. The lowest BCUT2D eigenvalue weighted by molar-refractivity contribution is 0.865. The molecule has 1 aromatic heterocycles. The second kappa shape index (κ2) is 4.25. The Morgan fingerprint density at radius 1 is 1.46 bits per heavy atom. The van der Waals surface area contributed by atoms with Crippen molar-refractivity contribution in [2.75, 3.05) is 0 Å². The van der Waals surface area contributed by atoms with Crippen molar-refractivity contribution in [1.82, 2.24) is 10.2 Å². The van der Waals surface area contributed by atoms with Crippen LogP contribution in [-0.4, -0.2) is 10.2 Å².